The van der Waals surface area contributed by atoms with Gasteiger partial charge in [-0.05, 0) is 23.3 Å². The zero-order chi connectivity index (χ0) is 19.9. The van der Waals surface area contributed by atoms with Crippen LogP contribution in [0.2, 0.25) is 0 Å². The second-order valence-corrected chi connectivity index (χ2v) is 6.96. The molecule has 0 aliphatic rings. The zero-order valence-corrected chi connectivity index (χ0v) is 16.1. The second-order valence-electron chi connectivity index (χ2n) is 6.96. The molecule has 0 aliphatic heterocycles. The summed E-state index contributed by atoms with van der Waals surface area (Å²) in [5, 5.41) is 2.99. The first-order valence-electron chi connectivity index (χ1n) is 9.71. The Morgan fingerprint density at radius 2 is 1.86 bits per heavy atom. The predicted octanol–water partition coefficient (Wildman–Crippen LogP) is 4.44. The van der Waals surface area contributed by atoms with E-state index in [1.54, 1.807) is 12.5 Å². The highest BCUT2D eigenvalue weighted by Gasteiger charge is 2.08. The minimum absolute atomic E-state index is 0.0164. The van der Waals surface area contributed by atoms with Gasteiger partial charge in [0.1, 0.15) is 11.5 Å². The van der Waals surface area contributed by atoms with Crippen molar-refractivity contribution in [2.24, 2.45) is 0 Å². The molecule has 4 rings (SSSR count). The molecule has 0 unspecified atom stereocenters. The van der Waals surface area contributed by atoms with E-state index in [4.69, 9.17) is 4.42 Å². The molecule has 29 heavy (non-hydrogen) atoms. The molecule has 2 aromatic carbocycles. The van der Waals surface area contributed by atoms with Crippen molar-refractivity contribution < 1.29 is 9.21 Å². The van der Waals surface area contributed by atoms with Gasteiger partial charge in [-0.2, -0.15) is 0 Å². The maximum Gasteiger partial charge on any atom is 0.220 e. The van der Waals surface area contributed by atoms with Crippen LogP contribution in [0, 0.1) is 0 Å². The first kappa shape index (κ1) is 18.7. The molecule has 1 amide bonds. The number of imidazole rings is 1. The number of nitrogens with zero attached hydrogens (tertiary/aromatic N) is 2. The van der Waals surface area contributed by atoms with E-state index in [0.717, 1.165) is 29.2 Å². The van der Waals surface area contributed by atoms with E-state index >= 15 is 0 Å². The van der Waals surface area contributed by atoms with Crippen molar-refractivity contribution in [1.82, 2.24) is 14.9 Å². The highest BCUT2D eigenvalue weighted by atomic mass is 16.3. The van der Waals surface area contributed by atoms with E-state index in [0.29, 0.717) is 19.4 Å². The van der Waals surface area contributed by atoms with Crippen LogP contribution < -0.4 is 5.32 Å². The number of furan rings is 1. The van der Waals surface area contributed by atoms with Crippen molar-refractivity contribution >= 4 is 5.91 Å². The number of nitrogens with one attached hydrogen (secondary N) is 1. The summed E-state index contributed by atoms with van der Waals surface area (Å²) in [6.07, 6.45) is 6.49. The van der Waals surface area contributed by atoms with Crippen LogP contribution in [-0.4, -0.2) is 15.5 Å². The van der Waals surface area contributed by atoms with Crippen LogP contribution in [0.15, 0.2) is 89.9 Å². The summed E-state index contributed by atoms with van der Waals surface area (Å²) < 4.78 is 7.88. The average molecular weight is 385 g/mol. The monoisotopic (exact) mass is 385 g/mol. The third-order valence-corrected chi connectivity index (χ3v) is 4.72. The Bertz CT molecular complexity index is 1050. The number of aryl methyl sites for hydroxylation is 1. The first-order chi connectivity index (χ1) is 14.3. The van der Waals surface area contributed by atoms with Gasteiger partial charge in [0.25, 0.3) is 0 Å². The van der Waals surface area contributed by atoms with Gasteiger partial charge in [0.05, 0.1) is 6.33 Å². The highest BCUT2D eigenvalue weighted by molar-refractivity contribution is 5.76. The molecule has 0 spiro atoms. The smallest absolute Gasteiger partial charge is 0.220 e. The van der Waals surface area contributed by atoms with E-state index in [1.165, 1.54) is 5.56 Å². The number of rotatable bonds is 8. The Kier molecular flexibility index (Phi) is 5.86. The normalized spacial score (nSPS) is 10.8. The van der Waals surface area contributed by atoms with Gasteiger partial charge >= 0.3 is 0 Å². The first-order valence-corrected chi connectivity index (χ1v) is 9.71. The minimum Gasteiger partial charge on any atom is -0.461 e. The summed E-state index contributed by atoms with van der Waals surface area (Å²) in [6, 6.07) is 22.1. The topological polar surface area (TPSA) is 60.1 Å². The number of carbonyl (C=O) groups excluding carboxylic acids is 1. The standard InChI is InChI=1S/C24H23N3O2/c28-24(12-10-22-9-11-23(29-22)21-7-2-1-3-8-21)26-16-19-5-4-6-20(15-19)17-27-14-13-25-18-27/h1-9,11,13-15,18H,10,12,16-17H2,(H,26,28). The summed E-state index contributed by atoms with van der Waals surface area (Å²) in [6.45, 7) is 1.29. The van der Waals surface area contributed by atoms with E-state index < -0.39 is 0 Å². The van der Waals surface area contributed by atoms with Gasteiger partial charge in [0.15, 0.2) is 0 Å². The SMILES string of the molecule is O=C(CCc1ccc(-c2ccccc2)o1)NCc1cccc(Cn2ccnc2)c1. The molecule has 4 aromatic rings. The Morgan fingerprint density at radius 1 is 1.00 bits per heavy atom. The van der Waals surface area contributed by atoms with E-state index in [9.17, 15) is 4.79 Å². The molecule has 0 aliphatic carbocycles. The molecule has 0 bridgehead atoms. The highest BCUT2D eigenvalue weighted by Crippen LogP contribution is 2.22. The summed E-state index contributed by atoms with van der Waals surface area (Å²) in [7, 11) is 0. The van der Waals surface area contributed by atoms with Gasteiger partial charge in [-0.3, -0.25) is 4.79 Å². The quantitative estimate of drug-likeness (QED) is 0.488. The second kappa shape index (κ2) is 9.06. The summed E-state index contributed by atoms with van der Waals surface area (Å²) in [5.41, 5.74) is 3.30. The van der Waals surface area contributed by atoms with Crippen LogP contribution in [0.5, 0.6) is 0 Å². The number of amides is 1. The Morgan fingerprint density at radius 3 is 2.69 bits per heavy atom. The van der Waals surface area contributed by atoms with Gasteiger partial charge in [-0.1, -0.05) is 54.6 Å². The van der Waals surface area contributed by atoms with Crippen LogP contribution in [0.1, 0.15) is 23.3 Å². The molecule has 0 saturated carbocycles. The molecule has 2 heterocycles. The molecule has 146 valence electrons. The van der Waals surface area contributed by atoms with Gasteiger partial charge in [0.2, 0.25) is 5.91 Å². The molecular weight excluding hydrogens is 362 g/mol. The summed E-state index contributed by atoms with van der Waals surface area (Å²) >= 11 is 0. The lowest BCUT2D eigenvalue weighted by Gasteiger charge is -2.08. The van der Waals surface area contributed by atoms with E-state index in [1.807, 2.05) is 65.4 Å². The van der Waals surface area contributed by atoms with Crippen molar-refractivity contribution in [3.05, 3.63) is 102 Å². The van der Waals surface area contributed by atoms with Gasteiger partial charge in [-0.15, -0.1) is 0 Å². The van der Waals surface area contributed by atoms with Crippen molar-refractivity contribution in [2.45, 2.75) is 25.9 Å². The summed E-state index contributed by atoms with van der Waals surface area (Å²) in [5.74, 6) is 1.67. The fourth-order valence-electron chi connectivity index (χ4n) is 3.22. The van der Waals surface area contributed by atoms with E-state index in [2.05, 4.69) is 22.4 Å². The molecule has 2 aromatic heterocycles. The van der Waals surface area contributed by atoms with Crippen molar-refractivity contribution in [3.63, 3.8) is 0 Å². The summed E-state index contributed by atoms with van der Waals surface area (Å²) in [4.78, 5) is 16.3. The molecule has 0 atom stereocenters. The third-order valence-electron chi connectivity index (χ3n) is 4.72. The van der Waals surface area contributed by atoms with Crippen LogP contribution in [0.4, 0.5) is 0 Å². The molecule has 1 N–H and O–H groups in total. The van der Waals surface area contributed by atoms with Crippen LogP contribution in [0.25, 0.3) is 11.3 Å². The molecule has 0 fully saturated rings. The van der Waals surface area contributed by atoms with E-state index in [-0.39, 0.29) is 5.91 Å². The lowest BCUT2D eigenvalue weighted by Crippen LogP contribution is -2.23. The predicted molar refractivity (Wildman–Crippen MR) is 112 cm³/mol. The maximum absolute atomic E-state index is 12.2. The molecule has 5 nitrogen and oxygen atoms in total. The van der Waals surface area contributed by atoms with Crippen molar-refractivity contribution in [2.75, 3.05) is 0 Å². The van der Waals surface area contributed by atoms with Crippen molar-refractivity contribution in [3.8, 4) is 11.3 Å². The number of aromatic nitrogens is 2. The third kappa shape index (κ3) is 5.23. The van der Waals surface area contributed by atoms with Gasteiger partial charge in [0, 0.05) is 43.9 Å². The fraction of sp³-hybridized carbons (Fsp3) is 0.167. The molecule has 0 radical (unpaired) electrons. The van der Waals surface area contributed by atoms with Crippen molar-refractivity contribution in [1.29, 1.82) is 0 Å². The van der Waals surface area contributed by atoms with Gasteiger partial charge in [-0.25, -0.2) is 4.98 Å². The Balaban J connectivity index is 1.26. The van der Waals surface area contributed by atoms with Gasteiger partial charge < -0.3 is 14.3 Å². The fourth-order valence-corrected chi connectivity index (χ4v) is 3.22. The molecule has 5 heteroatoms. The molecule has 0 saturated heterocycles. The zero-order valence-electron chi connectivity index (χ0n) is 16.1. The number of benzene rings is 2. The van der Waals surface area contributed by atoms with Crippen LogP contribution in [0.3, 0.4) is 0 Å². The lowest BCUT2D eigenvalue weighted by atomic mass is 10.1. The Hall–Kier alpha value is -3.60. The Labute approximate surface area is 170 Å². The lowest BCUT2D eigenvalue weighted by molar-refractivity contribution is -0.121. The maximum atomic E-state index is 12.2. The van der Waals surface area contributed by atoms with Crippen LogP contribution in [-0.2, 0) is 24.3 Å². The minimum atomic E-state index is 0.0164. The number of carbonyl (C=O) groups is 1. The van der Waals surface area contributed by atoms with Crippen LogP contribution >= 0.6 is 0 Å². The molecular formula is C24H23N3O2. The average Bonchev–Trinajstić information content (AvgIpc) is 3.44. The number of hydrogen-bond donors (Lipinski definition) is 1. The largest absolute Gasteiger partial charge is 0.461 e. The number of hydrogen-bond acceptors (Lipinski definition) is 3.